The molecule has 0 fully saturated rings. The Morgan fingerprint density at radius 1 is 0.948 bits per heavy atom. The normalized spacial score (nSPS) is 13.7. The van der Waals surface area contributed by atoms with Crippen LogP contribution in [0.25, 0.3) is 17.1 Å². The minimum absolute atomic E-state index is 0.129. The van der Waals surface area contributed by atoms with Crippen LogP contribution in [-0.2, 0) is 34.4 Å². The fourth-order valence-electron chi connectivity index (χ4n) is 7.09. The van der Waals surface area contributed by atoms with Gasteiger partial charge >= 0.3 is 0 Å². The lowest BCUT2D eigenvalue weighted by atomic mass is 10.1. The Kier molecular flexibility index (Phi) is 12.5. The van der Waals surface area contributed by atoms with E-state index in [9.17, 15) is 8.42 Å². The van der Waals surface area contributed by atoms with Crippen molar-refractivity contribution >= 4 is 68.5 Å². The minimum Gasteiger partial charge on any atom is -0.482 e. The van der Waals surface area contributed by atoms with Gasteiger partial charge in [-0.25, -0.2) is 9.13 Å². The van der Waals surface area contributed by atoms with Crippen LogP contribution in [0.5, 0.6) is 17.2 Å². The van der Waals surface area contributed by atoms with Crippen molar-refractivity contribution in [1.82, 2.24) is 4.57 Å². The number of nitrogen functional groups attached to an aromatic ring is 1. The number of rotatable bonds is 16. The summed E-state index contributed by atoms with van der Waals surface area (Å²) >= 11 is 1.56. The van der Waals surface area contributed by atoms with E-state index < -0.39 is 10.1 Å². The molecule has 1 aliphatic rings. The maximum atomic E-state index is 12.5. The SMILES string of the molecule is C=Nc1ccccc1Oc1ccc2c(c1)N(CCCS(=O)(=O)OC)/C(=C\C=C\c1n(C)c3cc(OCSc4ccccc4N)ccc3[n+]1CC)N(c1ccccc1)C2. The quantitative estimate of drug-likeness (QED) is 0.0255. The van der Waals surface area contributed by atoms with Gasteiger partial charge in [-0.2, -0.15) is 8.42 Å². The Morgan fingerprint density at radius 3 is 2.48 bits per heavy atom. The van der Waals surface area contributed by atoms with Crippen LogP contribution in [0, 0.1) is 0 Å². The molecule has 58 heavy (non-hydrogen) atoms. The van der Waals surface area contributed by atoms with E-state index >= 15 is 0 Å². The van der Waals surface area contributed by atoms with E-state index in [0.29, 0.717) is 42.6 Å². The first-order chi connectivity index (χ1) is 28.2. The average molecular weight is 816 g/mol. The van der Waals surface area contributed by atoms with Crippen LogP contribution in [0.4, 0.5) is 22.7 Å². The molecule has 7 rings (SSSR count). The summed E-state index contributed by atoms with van der Waals surface area (Å²) in [7, 11) is -0.419. The molecule has 11 nitrogen and oxygen atoms in total. The lowest BCUT2D eigenvalue weighted by Crippen LogP contribution is -2.41. The summed E-state index contributed by atoms with van der Waals surface area (Å²) in [5.74, 6) is 4.17. The molecule has 6 aromatic rings. The van der Waals surface area contributed by atoms with E-state index in [1.54, 1.807) is 11.8 Å². The summed E-state index contributed by atoms with van der Waals surface area (Å²) in [5, 5.41) is 0. The Balaban J connectivity index is 1.25. The number of nitrogens with two attached hydrogens (primary N) is 1. The van der Waals surface area contributed by atoms with Gasteiger partial charge in [-0.1, -0.05) is 66.4 Å². The van der Waals surface area contributed by atoms with Crippen molar-refractivity contribution in [3.05, 3.63) is 145 Å². The summed E-state index contributed by atoms with van der Waals surface area (Å²) in [6.07, 6.45) is 6.58. The van der Waals surface area contributed by atoms with Crippen LogP contribution in [0.2, 0.25) is 0 Å². The molecule has 0 bridgehead atoms. The van der Waals surface area contributed by atoms with Crippen molar-refractivity contribution in [3.63, 3.8) is 0 Å². The van der Waals surface area contributed by atoms with Gasteiger partial charge in [0.25, 0.3) is 15.9 Å². The summed E-state index contributed by atoms with van der Waals surface area (Å²) in [4.78, 5) is 9.51. The highest BCUT2D eigenvalue weighted by Gasteiger charge is 2.29. The number of nitrogens with zero attached hydrogens (tertiary/aromatic N) is 5. The standard InChI is InChI=1S/C45H47N6O5S2/c1-5-49-39-26-25-35(55-32-57-43-20-12-9-17-37(43)46)29-41(39)48(3)44(49)21-13-22-45-50(27-14-28-58(52,53)54-4)40-30-36(56-42-19-11-10-18-38(42)47-2)24-23-33(40)31-51(45)34-15-7-6-8-16-34/h6-13,15-26,29-30H,2,5,14,27-28,31-32,46H2,1,3-4H3/q+1. The van der Waals surface area contributed by atoms with Gasteiger partial charge in [0, 0.05) is 41.0 Å². The molecule has 298 valence electrons. The zero-order valence-corrected chi connectivity index (χ0v) is 34.5. The van der Waals surface area contributed by atoms with Crippen molar-refractivity contribution in [2.24, 2.45) is 12.0 Å². The Hall–Kier alpha value is -6.02. The van der Waals surface area contributed by atoms with E-state index in [2.05, 4.69) is 93.2 Å². The molecule has 0 radical (unpaired) electrons. The number of thioether (sulfide) groups is 1. The van der Waals surface area contributed by atoms with Gasteiger partial charge in [0.1, 0.15) is 28.9 Å². The first kappa shape index (κ1) is 40.2. The van der Waals surface area contributed by atoms with Crippen molar-refractivity contribution in [2.45, 2.75) is 31.3 Å². The van der Waals surface area contributed by atoms with Gasteiger partial charge in [-0.3, -0.25) is 9.18 Å². The molecule has 13 heteroatoms. The number of fused-ring (bicyclic) bond motifs is 2. The molecular weight excluding hydrogens is 769 g/mol. The highest BCUT2D eigenvalue weighted by atomic mass is 32.2. The first-order valence-corrected chi connectivity index (χ1v) is 21.5. The highest BCUT2D eigenvalue weighted by Crippen LogP contribution is 2.40. The third-order valence-corrected chi connectivity index (χ3v) is 12.2. The maximum absolute atomic E-state index is 12.5. The summed E-state index contributed by atoms with van der Waals surface area (Å²) in [6.45, 7) is 7.57. The van der Waals surface area contributed by atoms with Gasteiger partial charge < -0.3 is 25.0 Å². The zero-order valence-electron chi connectivity index (χ0n) is 32.8. The van der Waals surface area contributed by atoms with Crippen molar-refractivity contribution in [1.29, 1.82) is 0 Å². The van der Waals surface area contributed by atoms with E-state index in [1.807, 2.05) is 84.9 Å². The van der Waals surface area contributed by atoms with Gasteiger partial charge in [0.15, 0.2) is 16.8 Å². The molecule has 0 unspecified atom stereocenters. The van der Waals surface area contributed by atoms with Gasteiger partial charge in [0.2, 0.25) is 0 Å². The molecular formula is C45H47N6O5S2+. The Bertz CT molecular complexity index is 2590. The monoisotopic (exact) mass is 815 g/mol. The molecule has 0 spiro atoms. The third-order valence-electron chi connectivity index (χ3n) is 9.98. The van der Waals surface area contributed by atoms with Crippen LogP contribution in [0.3, 0.4) is 0 Å². The maximum Gasteiger partial charge on any atom is 0.282 e. The lowest BCUT2D eigenvalue weighted by molar-refractivity contribution is -0.670. The first-order valence-electron chi connectivity index (χ1n) is 19.0. The fourth-order valence-corrected chi connectivity index (χ4v) is 8.47. The van der Waals surface area contributed by atoms with Crippen LogP contribution in [0.1, 0.15) is 24.7 Å². The molecule has 5 aromatic carbocycles. The minimum atomic E-state index is -3.67. The second-order valence-electron chi connectivity index (χ2n) is 13.5. The number of hydrogen-bond acceptors (Lipinski definition) is 10. The molecule has 0 saturated heterocycles. The smallest absolute Gasteiger partial charge is 0.282 e. The average Bonchev–Trinajstić information content (AvgIpc) is 3.51. The summed E-state index contributed by atoms with van der Waals surface area (Å²) in [6, 6.07) is 37.6. The van der Waals surface area contributed by atoms with Gasteiger partial charge in [-0.05, 0) is 86.3 Å². The predicted molar refractivity (Wildman–Crippen MR) is 236 cm³/mol. The number of imidazole rings is 1. The van der Waals surface area contributed by atoms with Gasteiger partial charge in [0.05, 0.1) is 38.7 Å². The second-order valence-corrected chi connectivity index (χ2v) is 16.3. The number of benzene rings is 5. The number of ether oxygens (including phenoxy) is 2. The molecule has 2 N–H and O–H groups in total. The zero-order chi connectivity index (χ0) is 40.6. The van der Waals surface area contributed by atoms with Crippen molar-refractivity contribution in [2.75, 3.05) is 40.9 Å². The number of aliphatic imine (C=N–C) groups is 1. The summed E-state index contributed by atoms with van der Waals surface area (Å²) in [5.41, 5.74) is 12.6. The summed E-state index contributed by atoms with van der Waals surface area (Å²) < 4.78 is 46.7. The molecule has 0 atom stereocenters. The molecule has 0 saturated carbocycles. The molecule has 0 amide bonds. The third kappa shape index (κ3) is 8.91. The highest BCUT2D eigenvalue weighted by molar-refractivity contribution is 7.99. The Morgan fingerprint density at radius 2 is 1.71 bits per heavy atom. The van der Waals surface area contributed by atoms with E-state index in [-0.39, 0.29) is 5.75 Å². The van der Waals surface area contributed by atoms with Crippen LogP contribution in [0.15, 0.2) is 143 Å². The lowest BCUT2D eigenvalue weighted by Gasteiger charge is -2.42. The van der Waals surface area contributed by atoms with Crippen molar-refractivity contribution in [3.8, 4) is 17.2 Å². The number of aromatic nitrogens is 2. The number of aryl methyl sites for hydroxylation is 2. The number of allylic oxidation sites excluding steroid dienone is 2. The fraction of sp³-hybridized carbons (Fsp3) is 0.200. The Labute approximate surface area is 344 Å². The second kappa shape index (κ2) is 18.1. The molecule has 2 heterocycles. The predicted octanol–water partition coefficient (Wildman–Crippen LogP) is 9.07. The van der Waals surface area contributed by atoms with Crippen LogP contribution >= 0.6 is 11.8 Å². The van der Waals surface area contributed by atoms with E-state index in [1.165, 1.54) is 7.11 Å². The topological polar surface area (TPSA) is 115 Å². The molecule has 1 aliphatic heterocycles. The molecule has 1 aromatic heterocycles. The largest absolute Gasteiger partial charge is 0.482 e. The number of anilines is 3. The van der Waals surface area contributed by atoms with Gasteiger partial charge in [-0.15, -0.1) is 0 Å². The van der Waals surface area contributed by atoms with E-state index in [0.717, 1.165) is 62.5 Å². The van der Waals surface area contributed by atoms with Crippen molar-refractivity contribution < 1.29 is 26.6 Å². The van der Waals surface area contributed by atoms with E-state index in [4.69, 9.17) is 19.4 Å². The van der Waals surface area contributed by atoms with Crippen LogP contribution in [-0.4, -0.2) is 45.0 Å². The number of para-hydroxylation sites is 4. The number of hydrogen-bond donors (Lipinski definition) is 1. The molecule has 0 aliphatic carbocycles. The van der Waals surface area contributed by atoms with Crippen LogP contribution < -0.4 is 29.6 Å².